The van der Waals surface area contributed by atoms with Crippen LogP contribution in [0, 0.1) is 6.92 Å². The highest BCUT2D eigenvalue weighted by molar-refractivity contribution is 5.39. The van der Waals surface area contributed by atoms with Crippen molar-refractivity contribution in [3.63, 3.8) is 0 Å². The topological polar surface area (TPSA) is 9.23 Å². The lowest BCUT2D eigenvalue weighted by molar-refractivity contribution is 0.481. The zero-order chi connectivity index (χ0) is 15.2. The Morgan fingerprint density at radius 1 is 0.682 bits per heavy atom. The molecule has 0 heterocycles. The van der Waals surface area contributed by atoms with Crippen LogP contribution in [-0.2, 0) is 0 Å². The molecular weight excluding hydrogens is 268 g/mol. The zero-order valence-corrected chi connectivity index (χ0v) is 12.5. The smallest absolute Gasteiger partial charge is 0.127 e. The molecule has 0 aliphatic heterocycles. The summed E-state index contributed by atoms with van der Waals surface area (Å²) in [5.74, 6) is 2.00. The van der Waals surface area contributed by atoms with Gasteiger partial charge in [-0.3, -0.25) is 0 Å². The minimum Gasteiger partial charge on any atom is -0.457 e. The first-order chi connectivity index (χ1) is 10.9. The number of ether oxygens (including phenoxy) is 1. The Kier molecular flexibility index (Phi) is 4.55. The largest absolute Gasteiger partial charge is 0.457 e. The molecule has 22 heavy (non-hydrogen) atoms. The van der Waals surface area contributed by atoms with E-state index in [0.717, 1.165) is 17.9 Å². The fourth-order valence-electron chi connectivity index (χ4n) is 2.63. The highest BCUT2D eigenvalue weighted by Crippen LogP contribution is 2.31. The van der Waals surface area contributed by atoms with Crippen molar-refractivity contribution in [3.8, 4) is 11.5 Å². The summed E-state index contributed by atoms with van der Waals surface area (Å²) >= 11 is 0. The predicted octanol–water partition coefficient (Wildman–Crippen LogP) is 5.83. The molecule has 0 amide bonds. The van der Waals surface area contributed by atoms with Crippen molar-refractivity contribution >= 4 is 0 Å². The van der Waals surface area contributed by atoms with Gasteiger partial charge in [0.2, 0.25) is 0 Å². The maximum Gasteiger partial charge on any atom is 0.127 e. The third-order valence-corrected chi connectivity index (χ3v) is 3.73. The molecular formula is C21H19O. The standard InChI is InChI=1S/C21H19O/c1-2-21(17-10-5-3-6-11-17)18-12-9-15-20(16-18)22-19-13-7-4-8-14-19/h3-16,21H,1-2H2. The van der Waals surface area contributed by atoms with Gasteiger partial charge in [-0.2, -0.15) is 0 Å². The molecule has 0 aliphatic rings. The van der Waals surface area contributed by atoms with E-state index in [9.17, 15) is 0 Å². The fraction of sp³-hybridized carbons (Fsp3) is 0.0952. The number of benzene rings is 3. The van der Waals surface area contributed by atoms with E-state index in [-0.39, 0.29) is 0 Å². The van der Waals surface area contributed by atoms with Gasteiger partial charge >= 0.3 is 0 Å². The van der Waals surface area contributed by atoms with Crippen LogP contribution in [0.25, 0.3) is 0 Å². The van der Waals surface area contributed by atoms with Crippen LogP contribution in [0.15, 0.2) is 84.9 Å². The number of para-hydroxylation sites is 1. The molecule has 0 spiro atoms. The van der Waals surface area contributed by atoms with Crippen molar-refractivity contribution in [2.75, 3.05) is 0 Å². The van der Waals surface area contributed by atoms with Crippen LogP contribution in [0.4, 0.5) is 0 Å². The molecule has 109 valence electrons. The van der Waals surface area contributed by atoms with Crippen LogP contribution < -0.4 is 4.74 Å². The van der Waals surface area contributed by atoms with Crippen LogP contribution in [-0.4, -0.2) is 0 Å². The number of rotatable bonds is 5. The molecule has 1 atom stereocenters. The van der Waals surface area contributed by atoms with E-state index < -0.39 is 0 Å². The van der Waals surface area contributed by atoms with Crippen LogP contribution >= 0.6 is 0 Å². The summed E-state index contributed by atoms with van der Waals surface area (Å²) in [4.78, 5) is 0. The maximum absolute atomic E-state index is 5.93. The average Bonchev–Trinajstić information content (AvgIpc) is 2.58. The Labute approximate surface area is 132 Å². The molecule has 0 N–H and O–H groups in total. The van der Waals surface area contributed by atoms with E-state index in [1.807, 2.05) is 48.5 Å². The van der Waals surface area contributed by atoms with Crippen molar-refractivity contribution in [2.24, 2.45) is 0 Å². The third kappa shape index (κ3) is 3.37. The minimum absolute atomic E-state index is 0.292. The predicted molar refractivity (Wildman–Crippen MR) is 91.2 cm³/mol. The van der Waals surface area contributed by atoms with Gasteiger partial charge in [-0.05, 0) is 41.8 Å². The highest BCUT2D eigenvalue weighted by atomic mass is 16.5. The van der Waals surface area contributed by atoms with E-state index in [2.05, 4.69) is 43.3 Å². The quantitative estimate of drug-likeness (QED) is 0.573. The lowest BCUT2D eigenvalue weighted by atomic mass is 9.89. The minimum atomic E-state index is 0.292. The Balaban J connectivity index is 1.87. The first-order valence-electron chi connectivity index (χ1n) is 7.54. The second-order valence-electron chi connectivity index (χ2n) is 5.24. The SMILES string of the molecule is [CH2]CC(c1ccccc1)c1cccc(Oc2ccccc2)c1. The Morgan fingerprint density at radius 3 is 1.95 bits per heavy atom. The molecule has 1 radical (unpaired) electrons. The van der Waals surface area contributed by atoms with Gasteiger partial charge in [0.15, 0.2) is 0 Å². The van der Waals surface area contributed by atoms with Gasteiger partial charge in [0.25, 0.3) is 0 Å². The van der Waals surface area contributed by atoms with Crippen LogP contribution in [0.1, 0.15) is 23.5 Å². The van der Waals surface area contributed by atoms with Gasteiger partial charge in [-0.15, -0.1) is 0 Å². The molecule has 0 aliphatic carbocycles. The molecule has 0 saturated carbocycles. The van der Waals surface area contributed by atoms with Crippen molar-refractivity contribution in [1.82, 2.24) is 0 Å². The lowest BCUT2D eigenvalue weighted by Gasteiger charge is -2.17. The van der Waals surface area contributed by atoms with Gasteiger partial charge < -0.3 is 4.74 Å². The number of hydrogen-bond acceptors (Lipinski definition) is 1. The van der Waals surface area contributed by atoms with E-state index in [4.69, 9.17) is 4.74 Å². The summed E-state index contributed by atoms with van der Waals surface area (Å²) in [6, 6.07) is 28.6. The zero-order valence-electron chi connectivity index (χ0n) is 12.5. The van der Waals surface area contributed by atoms with E-state index in [1.165, 1.54) is 11.1 Å². The first kappa shape index (κ1) is 14.4. The van der Waals surface area contributed by atoms with E-state index in [0.29, 0.717) is 5.92 Å². The maximum atomic E-state index is 5.93. The van der Waals surface area contributed by atoms with Gasteiger partial charge in [0.05, 0.1) is 0 Å². The molecule has 1 heteroatoms. The van der Waals surface area contributed by atoms with E-state index >= 15 is 0 Å². The first-order valence-corrected chi connectivity index (χ1v) is 7.54. The molecule has 0 saturated heterocycles. The molecule has 1 nitrogen and oxygen atoms in total. The molecule has 3 aromatic rings. The summed E-state index contributed by atoms with van der Waals surface area (Å²) in [6.45, 7) is 4.11. The molecule has 3 aromatic carbocycles. The van der Waals surface area contributed by atoms with Crippen LogP contribution in [0.5, 0.6) is 11.5 Å². The van der Waals surface area contributed by atoms with Crippen molar-refractivity contribution < 1.29 is 4.74 Å². The molecule has 0 bridgehead atoms. The van der Waals surface area contributed by atoms with Gasteiger partial charge in [-0.1, -0.05) is 67.6 Å². The summed E-state index contributed by atoms with van der Waals surface area (Å²) < 4.78 is 5.93. The Hall–Kier alpha value is -2.54. The number of hydrogen-bond donors (Lipinski definition) is 0. The molecule has 0 aromatic heterocycles. The van der Waals surface area contributed by atoms with Crippen LogP contribution in [0.2, 0.25) is 0 Å². The van der Waals surface area contributed by atoms with Crippen molar-refractivity contribution in [2.45, 2.75) is 12.3 Å². The molecule has 0 fully saturated rings. The second kappa shape index (κ2) is 6.95. The van der Waals surface area contributed by atoms with Crippen LogP contribution in [0.3, 0.4) is 0 Å². The van der Waals surface area contributed by atoms with Crippen molar-refractivity contribution in [3.05, 3.63) is 103 Å². The van der Waals surface area contributed by atoms with Gasteiger partial charge in [-0.25, -0.2) is 0 Å². The summed E-state index contributed by atoms with van der Waals surface area (Å²) in [5.41, 5.74) is 2.52. The summed E-state index contributed by atoms with van der Waals surface area (Å²) in [7, 11) is 0. The van der Waals surface area contributed by atoms with Gasteiger partial charge in [0.1, 0.15) is 11.5 Å². The summed E-state index contributed by atoms with van der Waals surface area (Å²) in [5, 5.41) is 0. The normalized spacial score (nSPS) is 11.9. The second-order valence-corrected chi connectivity index (χ2v) is 5.24. The average molecular weight is 287 g/mol. The highest BCUT2D eigenvalue weighted by Gasteiger charge is 2.12. The van der Waals surface area contributed by atoms with Crippen molar-refractivity contribution in [1.29, 1.82) is 0 Å². The molecule has 1 unspecified atom stereocenters. The monoisotopic (exact) mass is 287 g/mol. The lowest BCUT2D eigenvalue weighted by Crippen LogP contribution is -1.99. The molecule has 3 rings (SSSR count). The van der Waals surface area contributed by atoms with Gasteiger partial charge in [0, 0.05) is 5.92 Å². The Bertz CT molecular complexity index is 704. The Morgan fingerprint density at radius 2 is 1.27 bits per heavy atom. The third-order valence-electron chi connectivity index (χ3n) is 3.73. The van der Waals surface area contributed by atoms with E-state index in [1.54, 1.807) is 0 Å². The summed E-state index contributed by atoms with van der Waals surface area (Å²) in [6.07, 6.45) is 0.818. The fourth-order valence-corrected chi connectivity index (χ4v) is 2.63.